The Bertz CT molecular complexity index is 234. The number of rotatable bonds is 3. The summed E-state index contributed by atoms with van der Waals surface area (Å²) >= 11 is 9.70. The third-order valence-corrected chi connectivity index (χ3v) is 2.76. The van der Waals surface area contributed by atoms with Crippen LogP contribution < -0.4 is 0 Å². The molecule has 12 heavy (non-hydrogen) atoms. The zero-order valence-electron chi connectivity index (χ0n) is 6.57. The molecule has 0 fully saturated rings. The molecule has 0 spiro atoms. The lowest BCUT2D eigenvalue weighted by Gasteiger charge is -2.23. The lowest BCUT2D eigenvalue weighted by molar-refractivity contribution is 0.0882. The number of thiol groups is 1. The molecule has 1 unspecified atom stereocenters. The maximum Gasteiger partial charge on any atom is 0.112 e. The molecule has 0 amide bonds. The summed E-state index contributed by atoms with van der Waals surface area (Å²) in [4.78, 5) is 0. The molecular weight excluding hydrogens is 192 g/mol. The molecule has 0 aliphatic carbocycles. The molecule has 0 saturated carbocycles. The van der Waals surface area contributed by atoms with Gasteiger partial charge in [-0.15, -0.1) is 11.6 Å². The van der Waals surface area contributed by atoms with Crippen LogP contribution in [0.15, 0.2) is 30.3 Å². The summed E-state index contributed by atoms with van der Waals surface area (Å²) in [7, 11) is 0. The molecule has 1 aromatic rings. The van der Waals surface area contributed by atoms with Gasteiger partial charge in [0.15, 0.2) is 0 Å². The van der Waals surface area contributed by atoms with E-state index in [1.807, 2.05) is 30.3 Å². The van der Waals surface area contributed by atoms with E-state index in [1.54, 1.807) is 0 Å². The fourth-order valence-electron chi connectivity index (χ4n) is 0.959. The average molecular weight is 203 g/mol. The highest BCUT2D eigenvalue weighted by Crippen LogP contribution is 2.23. The van der Waals surface area contributed by atoms with Crippen LogP contribution in [0.4, 0.5) is 0 Å². The van der Waals surface area contributed by atoms with E-state index in [0.717, 1.165) is 5.56 Å². The van der Waals surface area contributed by atoms with E-state index in [2.05, 4.69) is 12.6 Å². The number of alkyl halides is 1. The van der Waals surface area contributed by atoms with E-state index >= 15 is 0 Å². The minimum absolute atomic E-state index is 0.167. The predicted octanol–water partition coefficient (Wildman–Crippen LogP) is 2.04. The van der Waals surface area contributed by atoms with E-state index in [9.17, 15) is 5.11 Å². The van der Waals surface area contributed by atoms with Gasteiger partial charge in [0.1, 0.15) is 5.60 Å². The second kappa shape index (κ2) is 4.17. The van der Waals surface area contributed by atoms with Crippen molar-refractivity contribution in [1.29, 1.82) is 0 Å². The monoisotopic (exact) mass is 202 g/mol. The van der Waals surface area contributed by atoms with Gasteiger partial charge in [-0.2, -0.15) is 12.6 Å². The first kappa shape index (κ1) is 9.90. The number of halogens is 1. The largest absolute Gasteiger partial charge is 0.383 e. The van der Waals surface area contributed by atoms with Crippen molar-refractivity contribution in [3.8, 4) is 0 Å². The molecule has 0 aromatic heterocycles. The maximum atomic E-state index is 9.89. The van der Waals surface area contributed by atoms with Crippen LogP contribution in [0.1, 0.15) is 5.56 Å². The molecule has 1 aromatic carbocycles. The molecule has 1 nitrogen and oxygen atoms in total. The first-order chi connectivity index (χ1) is 5.73. The van der Waals surface area contributed by atoms with Gasteiger partial charge >= 0.3 is 0 Å². The van der Waals surface area contributed by atoms with Crippen molar-refractivity contribution in [1.82, 2.24) is 0 Å². The summed E-state index contributed by atoms with van der Waals surface area (Å²) in [5.41, 5.74) is -0.179. The Labute approximate surface area is 82.8 Å². The summed E-state index contributed by atoms with van der Waals surface area (Å²) in [6, 6.07) is 9.33. The molecule has 3 heteroatoms. The van der Waals surface area contributed by atoms with Crippen LogP contribution >= 0.6 is 24.2 Å². The van der Waals surface area contributed by atoms with Gasteiger partial charge in [-0.05, 0) is 5.56 Å². The molecule has 66 valence electrons. The third kappa shape index (κ3) is 1.94. The van der Waals surface area contributed by atoms with Gasteiger partial charge < -0.3 is 5.11 Å². The molecule has 0 radical (unpaired) electrons. The lowest BCUT2D eigenvalue weighted by Crippen LogP contribution is -2.29. The molecule has 1 rings (SSSR count). The van der Waals surface area contributed by atoms with Gasteiger partial charge in [-0.1, -0.05) is 30.3 Å². The van der Waals surface area contributed by atoms with Crippen LogP contribution in [-0.4, -0.2) is 16.7 Å². The fraction of sp³-hybridized carbons (Fsp3) is 0.333. The summed E-state index contributed by atoms with van der Waals surface area (Å²) in [5, 5.41) is 9.89. The zero-order chi connectivity index (χ0) is 9.03. The highest BCUT2D eigenvalue weighted by Gasteiger charge is 2.25. The molecule has 0 saturated heterocycles. The third-order valence-electron chi connectivity index (χ3n) is 1.79. The minimum Gasteiger partial charge on any atom is -0.383 e. The van der Waals surface area contributed by atoms with Gasteiger partial charge in [0.25, 0.3) is 0 Å². The van der Waals surface area contributed by atoms with E-state index < -0.39 is 5.60 Å². The Balaban J connectivity index is 2.95. The molecule has 1 N–H and O–H groups in total. The van der Waals surface area contributed by atoms with Gasteiger partial charge in [0.05, 0.1) is 5.88 Å². The fourth-order valence-corrected chi connectivity index (χ4v) is 1.63. The molecule has 0 heterocycles. The van der Waals surface area contributed by atoms with Crippen molar-refractivity contribution >= 4 is 24.2 Å². The number of hydrogen-bond acceptors (Lipinski definition) is 2. The summed E-state index contributed by atoms with van der Waals surface area (Å²) < 4.78 is 0. The van der Waals surface area contributed by atoms with Crippen LogP contribution in [-0.2, 0) is 5.60 Å². The number of benzene rings is 1. The highest BCUT2D eigenvalue weighted by molar-refractivity contribution is 7.80. The molecule has 1 atom stereocenters. The van der Waals surface area contributed by atoms with Crippen LogP contribution in [0.5, 0.6) is 0 Å². The van der Waals surface area contributed by atoms with Crippen LogP contribution in [0.25, 0.3) is 0 Å². The Morgan fingerprint density at radius 1 is 1.33 bits per heavy atom. The van der Waals surface area contributed by atoms with E-state index in [0.29, 0.717) is 5.75 Å². The number of hydrogen-bond donors (Lipinski definition) is 2. The maximum absolute atomic E-state index is 9.89. The Kier molecular flexibility index (Phi) is 3.44. The van der Waals surface area contributed by atoms with Crippen molar-refractivity contribution in [2.24, 2.45) is 0 Å². The zero-order valence-corrected chi connectivity index (χ0v) is 8.22. The Morgan fingerprint density at radius 3 is 2.33 bits per heavy atom. The predicted molar refractivity (Wildman–Crippen MR) is 54.9 cm³/mol. The SMILES string of the molecule is OC(CS)(CCl)c1ccccc1. The second-order valence-corrected chi connectivity index (χ2v) is 3.27. The minimum atomic E-state index is -0.994. The smallest absolute Gasteiger partial charge is 0.112 e. The van der Waals surface area contributed by atoms with Crippen molar-refractivity contribution in [3.05, 3.63) is 35.9 Å². The molecular formula is C9H11ClOS. The first-order valence-corrected chi connectivity index (χ1v) is 4.84. The van der Waals surface area contributed by atoms with Crippen molar-refractivity contribution in [2.75, 3.05) is 11.6 Å². The average Bonchev–Trinajstić information content (AvgIpc) is 2.18. The van der Waals surface area contributed by atoms with Gasteiger partial charge in [-0.3, -0.25) is 0 Å². The summed E-state index contributed by atoms with van der Waals surface area (Å²) in [6.07, 6.45) is 0. The lowest BCUT2D eigenvalue weighted by atomic mass is 9.98. The Hall–Kier alpha value is -0.180. The van der Waals surface area contributed by atoms with Crippen LogP contribution in [0.3, 0.4) is 0 Å². The molecule has 0 aliphatic heterocycles. The van der Waals surface area contributed by atoms with Crippen molar-refractivity contribution in [3.63, 3.8) is 0 Å². The van der Waals surface area contributed by atoms with Gasteiger partial charge in [0, 0.05) is 5.75 Å². The van der Waals surface area contributed by atoms with Crippen molar-refractivity contribution in [2.45, 2.75) is 5.60 Å². The summed E-state index contributed by atoms with van der Waals surface area (Å²) in [6.45, 7) is 0. The quantitative estimate of drug-likeness (QED) is 0.568. The highest BCUT2D eigenvalue weighted by atomic mass is 35.5. The van der Waals surface area contributed by atoms with Crippen molar-refractivity contribution < 1.29 is 5.11 Å². The first-order valence-electron chi connectivity index (χ1n) is 3.67. The molecule has 0 bridgehead atoms. The van der Waals surface area contributed by atoms with Gasteiger partial charge in [0.2, 0.25) is 0 Å². The second-order valence-electron chi connectivity index (χ2n) is 2.69. The van der Waals surface area contributed by atoms with E-state index in [1.165, 1.54) is 0 Å². The summed E-state index contributed by atoms with van der Waals surface area (Å²) in [5.74, 6) is 0.501. The number of aliphatic hydroxyl groups is 1. The van der Waals surface area contributed by atoms with E-state index in [-0.39, 0.29) is 5.88 Å². The standard InChI is InChI=1S/C9H11ClOS/c10-6-9(11,7-12)8-4-2-1-3-5-8/h1-5,11-12H,6-7H2. The normalized spacial score (nSPS) is 15.6. The Morgan fingerprint density at radius 2 is 1.92 bits per heavy atom. The van der Waals surface area contributed by atoms with E-state index in [4.69, 9.17) is 11.6 Å². The molecule has 0 aliphatic rings. The van der Waals surface area contributed by atoms with Crippen LogP contribution in [0, 0.1) is 0 Å². The van der Waals surface area contributed by atoms with Gasteiger partial charge in [-0.25, -0.2) is 0 Å². The van der Waals surface area contributed by atoms with Crippen LogP contribution in [0.2, 0.25) is 0 Å². The topological polar surface area (TPSA) is 20.2 Å².